The van der Waals surface area contributed by atoms with Crippen molar-refractivity contribution in [3.8, 4) is 5.75 Å². The second kappa shape index (κ2) is 6.73. The molecule has 0 aliphatic heterocycles. The van der Waals surface area contributed by atoms with E-state index >= 15 is 0 Å². The molecule has 0 aliphatic rings. The van der Waals surface area contributed by atoms with Gasteiger partial charge in [-0.15, -0.1) is 0 Å². The Morgan fingerprint density at radius 1 is 1.50 bits per heavy atom. The molecule has 0 spiro atoms. The van der Waals surface area contributed by atoms with Gasteiger partial charge in [-0.2, -0.15) is 0 Å². The maximum Gasteiger partial charge on any atom is 0.260 e. The Morgan fingerprint density at radius 2 is 2.17 bits per heavy atom. The Kier molecular flexibility index (Phi) is 5.59. The van der Waals surface area contributed by atoms with Gasteiger partial charge in [0, 0.05) is 6.04 Å². The van der Waals surface area contributed by atoms with Crippen LogP contribution in [0.1, 0.15) is 27.2 Å². The zero-order valence-corrected chi connectivity index (χ0v) is 12.3. The standard InChI is InChI=1S/C13H17BrFNO2/c1-4-8(2)16-13(17)9(3)18-10-5-6-12(15)11(14)7-10/h5-9H,4H2,1-3H3,(H,16,17). The lowest BCUT2D eigenvalue weighted by atomic mass is 10.2. The van der Waals surface area contributed by atoms with Gasteiger partial charge in [0.25, 0.3) is 5.91 Å². The second-order valence-corrected chi connectivity index (χ2v) is 5.01. The molecule has 1 amide bonds. The Labute approximate surface area is 115 Å². The molecule has 2 unspecified atom stereocenters. The minimum atomic E-state index is -0.614. The molecule has 1 aromatic carbocycles. The van der Waals surface area contributed by atoms with Gasteiger partial charge < -0.3 is 10.1 Å². The van der Waals surface area contributed by atoms with Gasteiger partial charge in [0.1, 0.15) is 11.6 Å². The maximum absolute atomic E-state index is 13.0. The predicted octanol–water partition coefficient (Wildman–Crippen LogP) is 3.27. The van der Waals surface area contributed by atoms with Crippen LogP contribution in [0.3, 0.4) is 0 Å². The van der Waals surface area contributed by atoms with Crippen molar-refractivity contribution < 1.29 is 13.9 Å². The van der Waals surface area contributed by atoms with E-state index in [0.29, 0.717) is 10.2 Å². The number of hydrogen-bond acceptors (Lipinski definition) is 2. The lowest BCUT2D eigenvalue weighted by molar-refractivity contribution is -0.127. The van der Waals surface area contributed by atoms with Crippen LogP contribution in [0.25, 0.3) is 0 Å². The molecule has 0 heterocycles. The topological polar surface area (TPSA) is 38.3 Å². The second-order valence-electron chi connectivity index (χ2n) is 4.15. The molecular weight excluding hydrogens is 301 g/mol. The summed E-state index contributed by atoms with van der Waals surface area (Å²) in [6.45, 7) is 5.58. The average molecular weight is 318 g/mol. The maximum atomic E-state index is 13.0. The van der Waals surface area contributed by atoms with Gasteiger partial charge in [0.2, 0.25) is 0 Å². The van der Waals surface area contributed by atoms with Gasteiger partial charge >= 0.3 is 0 Å². The summed E-state index contributed by atoms with van der Waals surface area (Å²) < 4.78 is 18.8. The molecule has 0 radical (unpaired) electrons. The summed E-state index contributed by atoms with van der Waals surface area (Å²) in [5.41, 5.74) is 0. The van der Waals surface area contributed by atoms with Crippen molar-refractivity contribution in [2.75, 3.05) is 0 Å². The molecule has 0 saturated carbocycles. The molecule has 18 heavy (non-hydrogen) atoms. The number of benzene rings is 1. The van der Waals surface area contributed by atoms with Crippen molar-refractivity contribution in [3.63, 3.8) is 0 Å². The highest BCUT2D eigenvalue weighted by Crippen LogP contribution is 2.22. The van der Waals surface area contributed by atoms with Crippen molar-refractivity contribution in [2.24, 2.45) is 0 Å². The molecule has 1 aromatic rings. The highest BCUT2D eigenvalue weighted by Gasteiger charge is 2.16. The number of carbonyl (C=O) groups is 1. The molecule has 0 saturated heterocycles. The van der Waals surface area contributed by atoms with Gasteiger partial charge in [-0.1, -0.05) is 6.92 Å². The fourth-order valence-electron chi connectivity index (χ4n) is 1.27. The van der Waals surface area contributed by atoms with Crippen LogP contribution in [0.2, 0.25) is 0 Å². The van der Waals surface area contributed by atoms with Crippen LogP contribution in [-0.2, 0) is 4.79 Å². The molecule has 0 aromatic heterocycles. The van der Waals surface area contributed by atoms with E-state index in [-0.39, 0.29) is 17.8 Å². The van der Waals surface area contributed by atoms with E-state index in [2.05, 4.69) is 21.2 Å². The molecule has 1 rings (SSSR count). The summed E-state index contributed by atoms with van der Waals surface area (Å²) in [6.07, 6.45) is 0.247. The van der Waals surface area contributed by atoms with Gasteiger partial charge in [0.15, 0.2) is 6.10 Å². The Bertz CT molecular complexity index is 425. The van der Waals surface area contributed by atoms with E-state index in [1.54, 1.807) is 6.92 Å². The van der Waals surface area contributed by atoms with E-state index in [0.717, 1.165) is 6.42 Å². The van der Waals surface area contributed by atoms with Gasteiger partial charge in [0.05, 0.1) is 4.47 Å². The quantitative estimate of drug-likeness (QED) is 0.905. The highest BCUT2D eigenvalue weighted by molar-refractivity contribution is 9.10. The molecule has 100 valence electrons. The lowest BCUT2D eigenvalue weighted by Crippen LogP contribution is -2.40. The van der Waals surface area contributed by atoms with Crippen LogP contribution in [0.4, 0.5) is 4.39 Å². The summed E-state index contributed by atoms with van der Waals surface area (Å²) in [5.74, 6) is -0.0843. The van der Waals surface area contributed by atoms with Crippen molar-refractivity contribution >= 4 is 21.8 Å². The van der Waals surface area contributed by atoms with Crippen molar-refractivity contribution in [3.05, 3.63) is 28.5 Å². The highest BCUT2D eigenvalue weighted by atomic mass is 79.9. The predicted molar refractivity (Wildman–Crippen MR) is 72.1 cm³/mol. The summed E-state index contributed by atoms with van der Waals surface area (Å²) in [5, 5.41) is 2.83. The normalized spacial score (nSPS) is 13.8. The number of halogens is 2. The molecule has 2 atom stereocenters. The van der Waals surface area contributed by atoms with E-state index in [9.17, 15) is 9.18 Å². The van der Waals surface area contributed by atoms with Crippen LogP contribution >= 0.6 is 15.9 Å². The molecular formula is C13H17BrFNO2. The zero-order chi connectivity index (χ0) is 13.7. The van der Waals surface area contributed by atoms with Crippen LogP contribution in [-0.4, -0.2) is 18.1 Å². The lowest BCUT2D eigenvalue weighted by Gasteiger charge is -2.17. The zero-order valence-electron chi connectivity index (χ0n) is 10.7. The van der Waals surface area contributed by atoms with E-state index in [1.165, 1.54) is 18.2 Å². The third-order valence-corrected chi connectivity index (χ3v) is 3.18. The van der Waals surface area contributed by atoms with E-state index in [4.69, 9.17) is 4.74 Å². The Hall–Kier alpha value is -1.10. The van der Waals surface area contributed by atoms with Crippen LogP contribution < -0.4 is 10.1 Å². The number of nitrogens with one attached hydrogen (secondary N) is 1. The average Bonchev–Trinajstić information content (AvgIpc) is 2.33. The number of rotatable bonds is 5. The Balaban J connectivity index is 2.60. The summed E-state index contributed by atoms with van der Waals surface area (Å²) in [7, 11) is 0. The SMILES string of the molecule is CCC(C)NC(=O)C(C)Oc1ccc(F)c(Br)c1. The molecule has 0 fully saturated rings. The monoisotopic (exact) mass is 317 g/mol. The van der Waals surface area contributed by atoms with Gasteiger partial charge in [-0.05, 0) is 54.4 Å². The molecule has 0 bridgehead atoms. The van der Waals surface area contributed by atoms with Gasteiger partial charge in [-0.3, -0.25) is 4.79 Å². The van der Waals surface area contributed by atoms with Crippen LogP contribution in [0.5, 0.6) is 5.75 Å². The van der Waals surface area contributed by atoms with Crippen LogP contribution in [0.15, 0.2) is 22.7 Å². The van der Waals surface area contributed by atoms with Crippen LogP contribution in [0, 0.1) is 5.82 Å². The molecule has 5 heteroatoms. The summed E-state index contributed by atoms with van der Waals surface area (Å²) >= 11 is 3.07. The van der Waals surface area contributed by atoms with Crippen molar-refractivity contribution in [2.45, 2.75) is 39.3 Å². The fourth-order valence-corrected chi connectivity index (χ4v) is 1.63. The largest absolute Gasteiger partial charge is 0.481 e. The first-order chi connectivity index (χ1) is 8.43. The summed E-state index contributed by atoms with van der Waals surface area (Å²) in [6, 6.07) is 4.40. The number of hydrogen-bond donors (Lipinski definition) is 1. The first-order valence-corrected chi connectivity index (χ1v) is 6.65. The third-order valence-electron chi connectivity index (χ3n) is 2.57. The minimum absolute atomic E-state index is 0.114. The van der Waals surface area contributed by atoms with Gasteiger partial charge in [-0.25, -0.2) is 4.39 Å². The number of ether oxygens (including phenoxy) is 1. The number of carbonyl (C=O) groups excluding carboxylic acids is 1. The van der Waals surface area contributed by atoms with Crippen molar-refractivity contribution in [1.82, 2.24) is 5.32 Å². The minimum Gasteiger partial charge on any atom is -0.481 e. The van der Waals surface area contributed by atoms with E-state index in [1.807, 2.05) is 13.8 Å². The summed E-state index contributed by atoms with van der Waals surface area (Å²) in [4.78, 5) is 11.7. The first-order valence-electron chi connectivity index (χ1n) is 5.86. The molecule has 3 nitrogen and oxygen atoms in total. The fraction of sp³-hybridized carbons (Fsp3) is 0.462. The van der Waals surface area contributed by atoms with Crippen molar-refractivity contribution in [1.29, 1.82) is 0 Å². The molecule has 0 aliphatic carbocycles. The molecule has 1 N–H and O–H groups in total. The number of amides is 1. The smallest absolute Gasteiger partial charge is 0.260 e. The van der Waals surface area contributed by atoms with E-state index < -0.39 is 6.10 Å². The third kappa shape index (κ3) is 4.29. The Morgan fingerprint density at radius 3 is 2.72 bits per heavy atom. The first kappa shape index (κ1) is 15.0.